The van der Waals surface area contributed by atoms with Crippen molar-refractivity contribution in [1.82, 2.24) is 4.57 Å². The standard InChI is InChI=1S/C10H16N2O/c1-3-5-12-6-4-8(2)9(7-11)10(12)13/h4,6H,3,5,7,11H2,1-2H3. The van der Waals surface area contributed by atoms with Crippen molar-refractivity contribution in [2.24, 2.45) is 5.73 Å². The summed E-state index contributed by atoms with van der Waals surface area (Å²) in [5, 5.41) is 0. The molecule has 0 aliphatic rings. The highest BCUT2D eigenvalue weighted by atomic mass is 16.1. The minimum atomic E-state index is 0.0596. The number of aryl methyl sites for hydroxylation is 2. The van der Waals surface area contributed by atoms with Crippen molar-refractivity contribution in [3.05, 3.63) is 33.7 Å². The second kappa shape index (κ2) is 4.23. The maximum absolute atomic E-state index is 11.7. The monoisotopic (exact) mass is 180 g/mol. The Balaban J connectivity index is 3.20. The number of aromatic nitrogens is 1. The fourth-order valence-corrected chi connectivity index (χ4v) is 1.38. The van der Waals surface area contributed by atoms with Crippen molar-refractivity contribution >= 4 is 0 Å². The molecule has 0 saturated heterocycles. The van der Waals surface area contributed by atoms with Gasteiger partial charge in [-0.1, -0.05) is 6.92 Å². The van der Waals surface area contributed by atoms with Crippen LogP contribution in [-0.4, -0.2) is 4.57 Å². The van der Waals surface area contributed by atoms with Crippen LogP contribution in [0.1, 0.15) is 24.5 Å². The van der Waals surface area contributed by atoms with E-state index in [1.807, 2.05) is 19.2 Å². The van der Waals surface area contributed by atoms with E-state index in [1.54, 1.807) is 4.57 Å². The van der Waals surface area contributed by atoms with Crippen LogP contribution in [0.15, 0.2) is 17.1 Å². The third-order valence-corrected chi connectivity index (χ3v) is 2.17. The van der Waals surface area contributed by atoms with E-state index in [0.717, 1.165) is 24.1 Å². The van der Waals surface area contributed by atoms with Crippen molar-refractivity contribution in [1.29, 1.82) is 0 Å². The zero-order chi connectivity index (χ0) is 9.84. The van der Waals surface area contributed by atoms with Gasteiger partial charge in [0.25, 0.3) is 5.56 Å². The van der Waals surface area contributed by atoms with E-state index < -0.39 is 0 Å². The van der Waals surface area contributed by atoms with Gasteiger partial charge in [0.2, 0.25) is 0 Å². The Hall–Kier alpha value is -1.09. The van der Waals surface area contributed by atoms with Crippen molar-refractivity contribution in [3.63, 3.8) is 0 Å². The molecule has 0 aromatic carbocycles. The lowest BCUT2D eigenvalue weighted by Crippen LogP contribution is -2.25. The molecule has 0 saturated carbocycles. The quantitative estimate of drug-likeness (QED) is 0.755. The molecule has 72 valence electrons. The zero-order valence-corrected chi connectivity index (χ0v) is 8.21. The third-order valence-electron chi connectivity index (χ3n) is 2.17. The first-order valence-electron chi connectivity index (χ1n) is 4.59. The Morgan fingerprint density at radius 1 is 1.54 bits per heavy atom. The van der Waals surface area contributed by atoms with E-state index in [4.69, 9.17) is 5.73 Å². The molecular weight excluding hydrogens is 164 g/mol. The number of pyridine rings is 1. The summed E-state index contributed by atoms with van der Waals surface area (Å²) in [6.45, 7) is 5.07. The van der Waals surface area contributed by atoms with Gasteiger partial charge in [-0.2, -0.15) is 0 Å². The summed E-state index contributed by atoms with van der Waals surface area (Å²) in [5.74, 6) is 0. The van der Waals surface area contributed by atoms with E-state index >= 15 is 0 Å². The van der Waals surface area contributed by atoms with Gasteiger partial charge >= 0.3 is 0 Å². The Kier molecular flexibility index (Phi) is 3.25. The summed E-state index contributed by atoms with van der Waals surface area (Å²) in [4.78, 5) is 11.7. The molecule has 0 radical (unpaired) electrons. The number of hydrogen-bond acceptors (Lipinski definition) is 2. The maximum Gasteiger partial charge on any atom is 0.255 e. The van der Waals surface area contributed by atoms with Crippen molar-refractivity contribution in [2.75, 3.05) is 0 Å². The highest BCUT2D eigenvalue weighted by Gasteiger charge is 2.03. The van der Waals surface area contributed by atoms with E-state index in [0.29, 0.717) is 6.54 Å². The summed E-state index contributed by atoms with van der Waals surface area (Å²) in [6, 6.07) is 1.94. The van der Waals surface area contributed by atoms with E-state index in [9.17, 15) is 4.79 Å². The molecule has 0 amide bonds. The fourth-order valence-electron chi connectivity index (χ4n) is 1.38. The predicted octanol–water partition coefficient (Wildman–Crippen LogP) is 1.03. The molecule has 0 unspecified atom stereocenters. The molecule has 0 atom stereocenters. The van der Waals surface area contributed by atoms with Crippen LogP contribution < -0.4 is 11.3 Å². The van der Waals surface area contributed by atoms with Crippen LogP contribution in [0.5, 0.6) is 0 Å². The lowest BCUT2D eigenvalue weighted by molar-refractivity contribution is 0.645. The predicted molar refractivity (Wildman–Crippen MR) is 53.6 cm³/mol. The number of rotatable bonds is 3. The minimum absolute atomic E-state index is 0.0596. The molecule has 1 heterocycles. The van der Waals surface area contributed by atoms with Gasteiger partial charge in [0.1, 0.15) is 0 Å². The summed E-state index contributed by atoms with van der Waals surface area (Å²) >= 11 is 0. The lowest BCUT2D eigenvalue weighted by atomic mass is 10.1. The maximum atomic E-state index is 11.7. The average Bonchev–Trinajstić information content (AvgIpc) is 2.11. The Morgan fingerprint density at radius 3 is 2.77 bits per heavy atom. The van der Waals surface area contributed by atoms with Gasteiger partial charge in [0.15, 0.2) is 0 Å². The molecule has 1 rings (SSSR count). The molecule has 0 aliphatic heterocycles. The first-order valence-corrected chi connectivity index (χ1v) is 4.59. The van der Waals surface area contributed by atoms with E-state index in [-0.39, 0.29) is 5.56 Å². The summed E-state index contributed by atoms with van der Waals surface area (Å²) < 4.78 is 1.72. The molecule has 13 heavy (non-hydrogen) atoms. The molecule has 2 N–H and O–H groups in total. The summed E-state index contributed by atoms with van der Waals surface area (Å²) in [5.41, 5.74) is 7.28. The van der Waals surface area contributed by atoms with Gasteiger partial charge < -0.3 is 10.3 Å². The fraction of sp³-hybridized carbons (Fsp3) is 0.500. The van der Waals surface area contributed by atoms with Crippen molar-refractivity contribution in [3.8, 4) is 0 Å². The van der Waals surface area contributed by atoms with Crippen LogP contribution in [0.4, 0.5) is 0 Å². The van der Waals surface area contributed by atoms with Gasteiger partial charge in [-0.25, -0.2) is 0 Å². The van der Waals surface area contributed by atoms with Crippen LogP contribution in [-0.2, 0) is 13.1 Å². The van der Waals surface area contributed by atoms with Gasteiger partial charge in [0, 0.05) is 24.8 Å². The zero-order valence-electron chi connectivity index (χ0n) is 8.21. The van der Waals surface area contributed by atoms with Crippen LogP contribution in [0.2, 0.25) is 0 Å². The summed E-state index contributed by atoms with van der Waals surface area (Å²) in [7, 11) is 0. The second-order valence-corrected chi connectivity index (χ2v) is 3.18. The third kappa shape index (κ3) is 1.98. The van der Waals surface area contributed by atoms with Gasteiger partial charge in [-0.05, 0) is 25.0 Å². The topological polar surface area (TPSA) is 48.0 Å². The molecular formula is C10H16N2O. The lowest BCUT2D eigenvalue weighted by Gasteiger charge is -2.07. The van der Waals surface area contributed by atoms with Gasteiger partial charge in [-0.3, -0.25) is 4.79 Å². The highest BCUT2D eigenvalue weighted by Crippen LogP contribution is 2.00. The van der Waals surface area contributed by atoms with Crippen molar-refractivity contribution < 1.29 is 0 Å². The summed E-state index contributed by atoms with van der Waals surface area (Å²) in [6.07, 6.45) is 2.80. The second-order valence-electron chi connectivity index (χ2n) is 3.18. The number of nitrogens with two attached hydrogens (primary N) is 1. The first-order chi connectivity index (χ1) is 6.20. The van der Waals surface area contributed by atoms with Crippen LogP contribution in [0.3, 0.4) is 0 Å². The average molecular weight is 180 g/mol. The minimum Gasteiger partial charge on any atom is -0.326 e. The normalized spacial score (nSPS) is 10.4. The van der Waals surface area contributed by atoms with Gasteiger partial charge in [0.05, 0.1) is 0 Å². The molecule has 3 heteroatoms. The van der Waals surface area contributed by atoms with E-state index in [2.05, 4.69) is 6.92 Å². The van der Waals surface area contributed by atoms with Crippen molar-refractivity contribution in [2.45, 2.75) is 33.4 Å². The highest BCUT2D eigenvalue weighted by molar-refractivity contribution is 5.21. The van der Waals surface area contributed by atoms with Crippen LogP contribution in [0, 0.1) is 6.92 Å². The Labute approximate surface area is 78.2 Å². The molecule has 1 aromatic heterocycles. The number of nitrogens with zero attached hydrogens (tertiary/aromatic N) is 1. The smallest absolute Gasteiger partial charge is 0.255 e. The molecule has 0 spiro atoms. The molecule has 0 bridgehead atoms. The molecule has 1 aromatic rings. The Bertz CT molecular complexity index is 341. The largest absolute Gasteiger partial charge is 0.326 e. The molecule has 0 aliphatic carbocycles. The Morgan fingerprint density at radius 2 is 2.23 bits per heavy atom. The van der Waals surface area contributed by atoms with Crippen LogP contribution in [0.25, 0.3) is 0 Å². The first kappa shape index (κ1) is 9.99. The molecule has 0 fully saturated rings. The SMILES string of the molecule is CCCn1ccc(C)c(CN)c1=O. The van der Waals surface area contributed by atoms with Crippen LogP contribution >= 0.6 is 0 Å². The number of hydrogen-bond donors (Lipinski definition) is 1. The molecule has 3 nitrogen and oxygen atoms in total. The van der Waals surface area contributed by atoms with Gasteiger partial charge in [-0.15, -0.1) is 0 Å². The van der Waals surface area contributed by atoms with E-state index in [1.165, 1.54) is 0 Å².